The van der Waals surface area contributed by atoms with Crippen molar-refractivity contribution < 1.29 is 0 Å². The molecule has 1 aliphatic heterocycles. The zero-order valence-corrected chi connectivity index (χ0v) is 18.7. The SMILES string of the molecule is Cc1cc(CNC[C@H]2CCCN(C(C)c3ccc4sc(C)nc4n3)C2)cc(C)n1. The van der Waals surface area contributed by atoms with Crippen molar-refractivity contribution in [3.05, 3.63) is 51.9 Å². The second kappa shape index (κ2) is 8.86. The number of nitrogens with one attached hydrogen (secondary N) is 1. The number of aromatic nitrogens is 3. The summed E-state index contributed by atoms with van der Waals surface area (Å²) < 4.78 is 1.18. The van der Waals surface area contributed by atoms with Crippen molar-refractivity contribution >= 4 is 21.7 Å². The molecule has 29 heavy (non-hydrogen) atoms. The summed E-state index contributed by atoms with van der Waals surface area (Å²) in [5.74, 6) is 0.681. The smallest absolute Gasteiger partial charge is 0.170 e. The zero-order valence-electron chi connectivity index (χ0n) is 17.9. The minimum absolute atomic E-state index is 0.328. The number of hydrogen-bond donors (Lipinski definition) is 1. The molecule has 5 nitrogen and oxygen atoms in total. The first-order chi connectivity index (χ1) is 14.0. The highest BCUT2D eigenvalue weighted by molar-refractivity contribution is 7.18. The maximum Gasteiger partial charge on any atom is 0.170 e. The van der Waals surface area contributed by atoms with Crippen LogP contribution in [0.15, 0.2) is 24.3 Å². The van der Waals surface area contributed by atoms with Crippen molar-refractivity contribution in [2.45, 2.75) is 53.1 Å². The number of likely N-dealkylation sites (tertiary alicyclic amines) is 1. The Kier molecular flexibility index (Phi) is 6.23. The summed E-state index contributed by atoms with van der Waals surface area (Å²) in [6.45, 7) is 12.7. The van der Waals surface area contributed by atoms with Gasteiger partial charge in [-0.1, -0.05) is 0 Å². The van der Waals surface area contributed by atoms with E-state index < -0.39 is 0 Å². The van der Waals surface area contributed by atoms with E-state index in [1.807, 2.05) is 6.92 Å². The summed E-state index contributed by atoms with van der Waals surface area (Å²) in [5, 5.41) is 4.76. The van der Waals surface area contributed by atoms with Crippen molar-refractivity contribution in [1.29, 1.82) is 0 Å². The highest BCUT2D eigenvalue weighted by Gasteiger charge is 2.25. The van der Waals surface area contributed by atoms with Crippen LogP contribution in [-0.2, 0) is 6.54 Å². The third-order valence-corrected chi connectivity index (χ3v) is 6.74. The molecule has 1 aliphatic rings. The van der Waals surface area contributed by atoms with E-state index >= 15 is 0 Å². The molecular formula is C23H31N5S. The van der Waals surface area contributed by atoms with E-state index in [0.717, 1.165) is 53.9 Å². The Labute approximate surface area is 177 Å². The summed E-state index contributed by atoms with van der Waals surface area (Å²) in [5.41, 5.74) is 5.56. The second-order valence-corrected chi connectivity index (χ2v) is 9.59. The normalized spacial score (nSPS) is 19.0. The van der Waals surface area contributed by atoms with E-state index in [2.05, 4.69) is 65.2 Å². The Hall–Kier alpha value is -1.89. The van der Waals surface area contributed by atoms with Gasteiger partial charge in [0.25, 0.3) is 0 Å². The molecule has 6 heteroatoms. The lowest BCUT2D eigenvalue weighted by molar-refractivity contribution is 0.128. The number of fused-ring (bicyclic) bond motifs is 1. The molecular weight excluding hydrogens is 378 g/mol. The van der Waals surface area contributed by atoms with Gasteiger partial charge in [0.1, 0.15) is 0 Å². The summed E-state index contributed by atoms with van der Waals surface area (Å²) in [6, 6.07) is 9.05. The number of piperidine rings is 1. The van der Waals surface area contributed by atoms with Gasteiger partial charge in [-0.15, -0.1) is 11.3 Å². The molecule has 3 aromatic heterocycles. The number of nitrogens with zero attached hydrogens (tertiary/aromatic N) is 4. The van der Waals surface area contributed by atoms with Crippen molar-refractivity contribution in [1.82, 2.24) is 25.2 Å². The van der Waals surface area contributed by atoms with Gasteiger partial charge in [0.15, 0.2) is 5.65 Å². The molecule has 4 rings (SSSR count). The van der Waals surface area contributed by atoms with E-state index in [1.54, 1.807) is 11.3 Å². The molecule has 154 valence electrons. The summed E-state index contributed by atoms with van der Waals surface area (Å²) in [7, 11) is 0. The zero-order chi connectivity index (χ0) is 20.4. The Bertz CT molecular complexity index is 962. The van der Waals surface area contributed by atoms with Crippen LogP contribution in [-0.4, -0.2) is 39.5 Å². The highest BCUT2D eigenvalue weighted by Crippen LogP contribution is 2.28. The standard InChI is InChI=1S/C23H31N5S/c1-15-10-20(11-16(2)25-15)13-24-12-19-6-5-9-28(14-19)17(3)21-7-8-22-23(27-21)26-18(4)29-22/h7-8,10-11,17,19,24H,5-6,9,12-14H2,1-4H3/t17?,19-/m1/s1. The average molecular weight is 410 g/mol. The van der Waals surface area contributed by atoms with Gasteiger partial charge in [0.2, 0.25) is 0 Å². The Morgan fingerprint density at radius 1 is 1.14 bits per heavy atom. The molecule has 0 bridgehead atoms. The predicted octanol–water partition coefficient (Wildman–Crippen LogP) is 4.57. The molecule has 3 aromatic rings. The number of rotatable bonds is 6. The third-order valence-electron chi connectivity index (χ3n) is 5.81. The van der Waals surface area contributed by atoms with Gasteiger partial charge in [-0.3, -0.25) is 9.88 Å². The summed E-state index contributed by atoms with van der Waals surface area (Å²) in [4.78, 5) is 16.5. The first kappa shape index (κ1) is 20.4. The van der Waals surface area contributed by atoms with E-state index in [0.29, 0.717) is 12.0 Å². The van der Waals surface area contributed by atoms with Gasteiger partial charge < -0.3 is 5.32 Å². The van der Waals surface area contributed by atoms with Crippen LogP contribution in [0.4, 0.5) is 0 Å². The second-order valence-electron chi connectivity index (χ2n) is 8.36. The van der Waals surface area contributed by atoms with Crippen LogP contribution < -0.4 is 5.32 Å². The fraction of sp³-hybridized carbons (Fsp3) is 0.522. The van der Waals surface area contributed by atoms with E-state index in [9.17, 15) is 0 Å². The average Bonchev–Trinajstić information content (AvgIpc) is 3.06. The maximum atomic E-state index is 4.85. The lowest BCUT2D eigenvalue weighted by atomic mass is 9.96. The van der Waals surface area contributed by atoms with Gasteiger partial charge in [0, 0.05) is 30.5 Å². The third kappa shape index (κ3) is 5.00. The minimum Gasteiger partial charge on any atom is -0.312 e. The van der Waals surface area contributed by atoms with Gasteiger partial charge in [-0.25, -0.2) is 9.97 Å². The number of pyridine rings is 2. The molecule has 0 spiro atoms. The molecule has 1 fully saturated rings. The Morgan fingerprint density at radius 3 is 2.72 bits per heavy atom. The molecule has 0 aliphatic carbocycles. The topological polar surface area (TPSA) is 53.9 Å². The van der Waals surface area contributed by atoms with Crippen molar-refractivity contribution in [3.63, 3.8) is 0 Å². The largest absolute Gasteiger partial charge is 0.312 e. The van der Waals surface area contributed by atoms with Gasteiger partial charge in [-0.05, 0) is 89.4 Å². The molecule has 4 heterocycles. The molecule has 1 unspecified atom stereocenters. The Balaban J connectivity index is 1.34. The maximum absolute atomic E-state index is 4.85. The van der Waals surface area contributed by atoms with Crippen molar-refractivity contribution in [3.8, 4) is 0 Å². The van der Waals surface area contributed by atoms with Crippen LogP contribution in [0, 0.1) is 26.7 Å². The lowest BCUT2D eigenvalue weighted by Gasteiger charge is -2.36. The quantitative estimate of drug-likeness (QED) is 0.646. The van der Waals surface area contributed by atoms with Gasteiger partial charge in [0.05, 0.1) is 15.4 Å². The van der Waals surface area contributed by atoms with E-state index in [-0.39, 0.29) is 0 Å². The van der Waals surface area contributed by atoms with Crippen LogP contribution in [0.3, 0.4) is 0 Å². The van der Waals surface area contributed by atoms with E-state index in [1.165, 1.54) is 23.1 Å². The number of thiazole rings is 1. The van der Waals surface area contributed by atoms with Crippen LogP contribution >= 0.6 is 11.3 Å². The predicted molar refractivity (Wildman–Crippen MR) is 120 cm³/mol. The first-order valence-corrected chi connectivity index (χ1v) is 11.4. The molecule has 0 saturated carbocycles. The first-order valence-electron chi connectivity index (χ1n) is 10.6. The molecule has 0 radical (unpaired) electrons. The van der Waals surface area contributed by atoms with Crippen molar-refractivity contribution in [2.24, 2.45) is 5.92 Å². The van der Waals surface area contributed by atoms with E-state index in [4.69, 9.17) is 4.98 Å². The van der Waals surface area contributed by atoms with Crippen LogP contribution in [0.25, 0.3) is 10.3 Å². The van der Waals surface area contributed by atoms with Gasteiger partial charge in [-0.2, -0.15) is 0 Å². The molecule has 2 atom stereocenters. The van der Waals surface area contributed by atoms with Gasteiger partial charge >= 0.3 is 0 Å². The fourth-order valence-electron chi connectivity index (χ4n) is 4.42. The summed E-state index contributed by atoms with van der Waals surface area (Å²) >= 11 is 1.72. The summed E-state index contributed by atoms with van der Waals surface area (Å²) in [6.07, 6.45) is 2.55. The fourth-order valence-corrected chi connectivity index (χ4v) is 5.19. The van der Waals surface area contributed by atoms with Crippen LogP contribution in [0.1, 0.15) is 53.5 Å². The van der Waals surface area contributed by atoms with Crippen molar-refractivity contribution in [2.75, 3.05) is 19.6 Å². The Morgan fingerprint density at radius 2 is 1.93 bits per heavy atom. The minimum atomic E-state index is 0.328. The van der Waals surface area contributed by atoms with Crippen LogP contribution in [0.5, 0.6) is 0 Å². The molecule has 1 saturated heterocycles. The lowest BCUT2D eigenvalue weighted by Crippen LogP contribution is -2.41. The molecule has 0 aromatic carbocycles. The monoisotopic (exact) mass is 409 g/mol. The number of hydrogen-bond acceptors (Lipinski definition) is 6. The number of aryl methyl sites for hydroxylation is 3. The highest BCUT2D eigenvalue weighted by atomic mass is 32.1. The van der Waals surface area contributed by atoms with Crippen LogP contribution in [0.2, 0.25) is 0 Å². The molecule has 1 N–H and O–H groups in total. The molecule has 0 amide bonds.